The van der Waals surface area contributed by atoms with E-state index in [1.54, 1.807) is 19.2 Å². The van der Waals surface area contributed by atoms with E-state index in [0.717, 1.165) is 12.1 Å². The van der Waals surface area contributed by atoms with E-state index >= 15 is 0 Å². The lowest BCUT2D eigenvalue weighted by atomic mass is 9.93. The number of benzene rings is 1. The van der Waals surface area contributed by atoms with E-state index in [1.165, 1.54) is 23.2 Å². The molecule has 9 heteroatoms. The molecule has 0 unspecified atom stereocenters. The van der Waals surface area contributed by atoms with Crippen molar-refractivity contribution in [1.82, 2.24) is 9.88 Å². The third-order valence-corrected chi connectivity index (χ3v) is 4.06. The fourth-order valence-electron chi connectivity index (χ4n) is 2.57. The zero-order valence-electron chi connectivity index (χ0n) is 15.9. The maximum absolute atomic E-state index is 12.9. The van der Waals surface area contributed by atoms with Crippen molar-refractivity contribution < 1.29 is 18.0 Å². The number of nitrogens with two attached hydrogens (primary N) is 1. The Morgan fingerprint density at radius 3 is 2.50 bits per heavy atom. The number of rotatable bonds is 6. The van der Waals surface area contributed by atoms with Gasteiger partial charge in [0.05, 0.1) is 11.1 Å². The van der Waals surface area contributed by atoms with Crippen LogP contribution in [0.4, 0.5) is 24.7 Å². The van der Waals surface area contributed by atoms with Crippen LogP contribution < -0.4 is 11.1 Å². The summed E-state index contributed by atoms with van der Waals surface area (Å²) in [6, 6.07) is 7.93. The topological polar surface area (TPSA) is 71.2 Å². The molecule has 0 aliphatic heterocycles. The van der Waals surface area contributed by atoms with Gasteiger partial charge in [-0.3, -0.25) is 4.79 Å². The van der Waals surface area contributed by atoms with Crippen LogP contribution in [0.15, 0.2) is 42.6 Å². The van der Waals surface area contributed by atoms with E-state index in [9.17, 15) is 18.0 Å². The first-order valence-corrected chi connectivity index (χ1v) is 8.38. The predicted octanol–water partition coefficient (Wildman–Crippen LogP) is 4.32. The van der Waals surface area contributed by atoms with Crippen LogP contribution in [0.1, 0.15) is 29.8 Å². The Hall–Kier alpha value is -2.32. The second-order valence-electron chi connectivity index (χ2n) is 7.13. The Kier molecular flexibility index (Phi) is 7.84. The third-order valence-electron chi connectivity index (χ3n) is 4.06. The van der Waals surface area contributed by atoms with Gasteiger partial charge in [-0.2, -0.15) is 13.2 Å². The first-order chi connectivity index (χ1) is 12.5. The number of nitrogens with zero attached hydrogens (tertiary/aromatic N) is 2. The molecule has 0 spiro atoms. The molecular formula is C19H24ClF3N4O. The van der Waals surface area contributed by atoms with E-state index in [1.807, 2.05) is 13.8 Å². The maximum atomic E-state index is 12.9. The monoisotopic (exact) mass is 416 g/mol. The summed E-state index contributed by atoms with van der Waals surface area (Å²) in [7, 11) is 1.65. The highest BCUT2D eigenvalue weighted by Crippen LogP contribution is 2.31. The van der Waals surface area contributed by atoms with Crippen molar-refractivity contribution in [2.45, 2.75) is 20.0 Å². The Balaban J connectivity index is 0.00000392. The highest BCUT2D eigenvalue weighted by molar-refractivity contribution is 5.99. The summed E-state index contributed by atoms with van der Waals surface area (Å²) in [4.78, 5) is 18.5. The number of amides is 1. The summed E-state index contributed by atoms with van der Waals surface area (Å²) in [5.41, 5.74) is 5.14. The van der Waals surface area contributed by atoms with Crippen molar-refractivity contribution in [3.63, 3.8) is 0 Å². The van der Waals surface area contributed by atoms with E-state index < -0.39 is 11.7 Å². The first kappa shape index (κ1) is 23.7. The lowest BCUT2D eigenvalue weighted by Gasteiger charge is -2.29. The fourth-order valence-corrected chi connectivity index (χ4v) is 2.57. The lowest BCUT2D eigenvalue weighted by Crippen LogP contribution is -2.40. The summed E-state index contributed by atoms with van der Waals surface area (Å²) in [6.45, 7) is 4.73. The van der Waals surface area contributed by atoms with Crippen LogP contribution in [0, 0.1) is 5.41 Å². The second-order valence-corrected chi connectivity index (χ2v) is 7.13. The Bertz CT molecular complexity index is 812. The molecule has 0 saturated heterocycles. The van der Waals surface area contributed by atoms with Crippen LogP contribution in [-0.2, 0) is 6.18 Å². The average molecular weight is 417 g/mol. The average Bonchev–Trinajstić information content (AvgIpc) is 2.61. The molecule has 28 heavy (non-hydrogen) atoms. The van der Waals surface area contributed by atoms with Crippen molar-refractivity contribution in [3.05, 3.63) is 53.7 Å². The Morgan fingerprint density at radius 1 is 1.21 bits per heavy atom. The van der Waals surface area contributed by atoms with Crippen molar-refractivity contribution in [2.24, 2.45) is 11.1 Å². The van der Waals surface area contributed by atoms with Crippen LogP contribution in [0.2, 0.25) is 0 Å². The summed E-state index contributed by atoms with van der Waals surface area (Å²) in [6.07, 6.45) is -2.98. The fraction of sp³-hybridized carbons (Fsp3) is 0.368. The standard InChI is InChI=1S/C19H23F3N4O.ClH/c1-18(2,11-23)12-26(3)17(27)15-8-5-9-24-16(15)25-14-7-4-6-13(10-14)19(20,21)22;/h4-10H,11-12,23H2,1-3H3,(H,24,25);1H. The highest BCUT2D eigenvalue weighted by Gasteiger charge is 2.30. The number of pyridine rings is 1. The number of alkyl halides is 3. The van der Waals surface area contributed by atoms with E-state index in [2.05, 4.69) is 10.3 Å². The van der Waals surface area contributed by atoms with Crippen molar-refractivity contribution in [3.8, 4) is 0 Å². The van der Waals surface area contributed by atoms with Gasteiger partial charge in [0.2, 0.25) is 0 Å². The van der Waals surface area contributed by atoms with Gasteiger partial charge in [-0.1, -0.05) is 19.9 Å². The minimum absolute atomic E-state index is 0. The summed E-state index contributed by atoms with van der Waals surface area (Å²) < 4.78 is 38.7. The zero-order valence-corrected chi connectivity index (χ0v) is 16.7. The molecule has 0 radical (unpaired) electrons. The van der Waals surface area contributed by atoms with Crippen LogP contribution in [0.25, 0.3) is 0 Å². The van der Waals surface area contributed by atoms with Gasteiger partial charge in [-0.05, 0) is 42.3 Å². The van der Waals surface area contributed by atoms with Crippen molar-refractivity contribution >= 4 is 29.8 Å². The molecule has 2 aromatic rings. The maximum Gasteiger partial charge on any atom is 0.416 e. The molecule has 2 rings (SSSR count). The molecule has 0 atom stereocenters. The number of anilines is 2. The second kappa shape index (κ2) is 9.25. The minimum atomic E-state index is -4.45. The van der Waals surface area contributed by atoms with Crippen LogP contribution in [0.3, 0.4) is 0 Å². The van der Waals surface area contributed by atoms with E-state index in [4.69, 9.17) is 5.73 Å². The number of hydrogen-bond acceptors (Lipinski definition) is 4. The normalized spacial score (nSPS) is 11.5. The zero-order chi connectivity index (χ0) is 20.2. The SMILES string of the molecule is CN(CC(C)(C)CN)C(=O)c1cccnc1Nc1cccc(C(F)(F)F)c1.Cl. The summed E-state index contributed by atoms with van der Waals surface area (Å²) in [5.74, 6) is -0.0988. The van der Waals surface area contributed by atoms with Gasteiger partial charge in [0.15, 0.2) is 0 Å². The largest absolute Gasteiger partial charge is 0.416 e. The van der Waals surface area contributed by atoms with Crippen LogP contribution in [-0.4, -0.2) is 35.9 Å². The quantitative estimate of drug-likeness (QED) is 0.735. The molecular weight excluding hydrogens is 393 g/mol. The van der Waals surface area contributed by atoms with Crippen molar-refractivity contribution in [1.29, 1.82) is 0 Å². The number of halogens is 4. The van der Waals surface area contributed by atoms with E-state index in [-0.39, 0.29) is 40.8 Å². The van der Waals surface area contributed by atoms with Gasteiger partial charge in [0, 0.05) is 25.5 Å². The molecule has 1 amide bonds. The van der Waals surface area contributed by atoms with E-state index in [0.29, 0.717) is 13.1 Å². The van der Waals surface area contributed by atoms with Gasteiger partial charge in [0.25, 0.3) is 5.91 Å². The smallest absolute Gasteiger partial charge is 0.341 e. The molecule has 0 fully saturated rings. The van der Waals surface area contributed by atoms with Crippen molar-refractivity contribution in [2.75, 3.05) is 25.5 Å². The Morgan fingerprint density at radius 2 is 1.89 bits per heavy atom. The molecule has 0 bridgehead atoms. The predicted molar refractivity (Wildman–Crippen MR) is 106 cm³/mol. The summed E-state index contributed by atoms with van der Waals surface area (Å²) >= 11 is 0. The molecule has 1 aromatic carbocycles. The number of carbonyl (C=O) groups is 1. The van der Waals surface area contributed by atoms with Crippen LogP contribution in [0.5, 0.6) is 0 Å². The molecule has 1 heterocycles. The molecule has 5 nitrogen and oxygen atoms in total. The van der Waals surface area contributed by atoms with Gasteiger partial charge in [-0.25, -0.2) is 4.98 Å². The number of carbonyl (C=O) groups excluding carboxylic acids is 1. The number of aromatic nitrogens is 1. The molecule has 0 aliphatic carbocycles. The summed E-state index contributed by atoms with van der Waals surface area (Å²) in [5, 5.41) is 2.81. The van der Waals surface area contributed by atoms with Gasteiger partial charge in [0.1, 0.15) is 5.82 Å². The van der Waals surface area contributed by atoms with Gasteiger partial charge >= 0.3 is 6.18 Å². The molecule has 0 aliphatic rings. The van der Waals surface area contributed by atoms with Gasteiger partial charge < -0.3 is 16.0 Å². The molecule has 154 valence electrons. The number of hydrogen-bond donors (Lipinski definition) is 2. The third kappa shape index (κ3) is 6.10. The minimum Gasteiger partial charge on any atom is -0.341 e. The molecule has 0 saturated carbocycles. The van der Waals surface area contributed by atoms with Gasteiger partial charge in [-0.15, -0.1) is 12.4 Å². The first-order valence-electron chi connectivity index (χ1n) is 8.38. The Labute approximate surface area is 168 Å². The molecule has 3 N–H and O–H groups in total. The highest BCUT2D eigenvalue weighted by atomic mass is 35.5. The lowest BCUT2D eigenvalue weighted by molar-refractivity contribution is -0.137. The number of nitrogens with one attached hydrogen (secondary N) is 1. The van der Waals surface area contributed by atoms with Crippen LogP contribution >= 0.6 is 12.4 Å². The molecule has 1 aromatic heterocycles.